The zero-order valence-corrected chi connectivity index (χ0v) is 13.1. The molecule has 1 unspecified atom stereocenters. The number of fused-ring (bicyclic) bond motifs is 1. The molecule has 0 aliphatic carbocycles. The monoisotopic (exact) mass is 291 g/mol. The van der Waals surface area contributed by atoms with Crippen LogP contribution in [0.3, 0.4) is 0 Å². The first-order valence-corrected chi connectivity index (χ1v) is 7.82. The number of aliphatic hydroxyl groups is 1. The van der Waals surface area contributed by atoms with Crippen molar-refractivity contribution in [3.05, 3.63) is 23.8 Å². The molecule has 0 radical (unpaired) electrons. The fraction of sp³-hybridized carbons (Fsp3) is 0.647. The first kappa shape index (κ1) is 14.7. The number of rotatable bonds is 2. The quantitative estimate of drug-likeness (QED) is 0.910. The van der Waals surface area contributed by atoms with E-state index in [0.29, 0.717) is 12.5 Å². The summed E-state index contributed by atoms with van der Waals surface area (Å²) in [6, 6.07) is 6.26. The summed E-state index contributed by atoms with van der Waals surface area (Å²) in [5.41, 5.74) is 0.664. The minimum absolute atomic E-state index is 0.218. The second kappa shape index (κ2) is 5.50. The van der Waals surface area contributed by atoms with Gasteiger partial charge in [-0.1, -0.05) is 0 Å². The van der Waals surface area contributed by atoms with Gasteiger partial charge in [0, 0.05) is 37.2 Å². The van der Waals surface area contributed by atoms with Crippen molar-refractivity contribution in [1.82, 2.24) is 4.90 Å². The predicted octanol–water partition coefficient (Wildman–Crippen LogP) is 2.75. The molecule has 0 saturated carbocycles. The fourth-order valence-corrected chi connectivity index (χ4v) is 3.50. The lowest BCUT2D eigenvalue weighted by Gasteiger charge is -2.46. The normalized spacial score (nSPS) is 24.7. The molecule has 1 spiro atoms. The number of piperidine rings is 1. The van der Waals surface area contributed by atoms with Crippen molar-refractivity contribution in [2.75, 3.05) is 20.2 Å². The Kier molecular flexibility index (Phi) is 3.84. The van der Waals surface area contributed by atoms with E-state index in [4.69, 9.17) is 9.47 Å². The molecular formula is C17H25NO3. The average Bonchev–Trinajstić information content (AvgIpc) is 2.47. The molecular weight excluding hydrogens is 266 g/mol. The lowest BCUT2D eigenvalue weighted by molar-refractivity contribution is -0.0581. The number of aliphatic hydroxyl groups excluding tert-OH is 1. The van der Waals surface area contributed by atoms with E-state index in [1.54, 1.807) is 7.11 Å². The van der Waals surface area contributed by atoms with Gasteiger partial charge in [0.05, 0.1) is 13.2 Å². The van der Waals surface area contributed by atoms with E-state index in [2.05, 4.69) is 18.7 Å². The highest BCUT2D eigenvalue weighted by Crippen LogP contribution is 2.45. The van der Waals surface area contributed by atoms with Gasteiger partial charge in [-0.3, -0.25) is 0 Å². The van der Waals surface area contributed by atoms with Crippen LogP contribution in [-0.2, 0) is 0 Å². The SMILES string of the molecule is COc1ccc2c(c1)OC1(CCN(C(C)C)CC1)CC2O. The molecule has 4 nitrogen and oxygen atoms in total. The van der Waals surface area contributed by atoms with Gasteiger partial charge in [-0.05, 0) is 38.8 Å². The Labute approximate surface area is 126 Å². The van der Waals surface area contributed by atoms with E-state index in [0.717, 1.165) is 43.0 Å². The highest BCUT2D eigenvalue weighted by Gasteiger charge is 2.43. The van der Waals surface area contributed by atoms with E-state index in [9.17, 15) is 5.11 Å². The Hall–Kier alpha value is -1.26. The van der Waals surface area contributed by atoms with Gasteiger partial charge in [0.25, 0.3) is 0 Å². The molecule has 2 aliphatic rings. The van der Waals surface area contributed by atoms with Crippen molar-refractivity contribution in [3.63, 3.8) is 0 Å². The van der Waals surface area contributed by atoms with Crippen molar-refractivity contribution in [2.45, 2.75) is 50.9 Å². The number of ether oxygens (including phenoxy) is 2. The van der Waals surface area contributed by atoms with Crippen LogP contribution in [0.15, 0.2) is 18.2 Å². The maximum atomic E-state index is 10.5. The number of benzene rings is 1. The third kappa shape index (κ3) is 2.74. The highest BCUT2D eigenvalue weighted by molar-refractivity contribution is 5.44. The lowest BCUT2D eigenvalue weighted by Crippen LogP contribution is -2.51. The van der Waals surface area contributed by atoms with Crippen LogP contribution in [0.1, 0.15) is 44.8 Å². The largest absolute Gasteiger partial charge is 0.497 e. The molecule has 1 atom stereocenters. The third-order valence-corrected chi connectivity index (χ3v) is 4.91. The van der Waals surface area contributed by atoms with Crippen LogP contribution >= 0.6 is 0 Å². The lowest BCUT2D eigenvalue weighted by atomic mass is 9.81. The van der Waals surface area contributed by atoms with Crippen molar-refractivity contribution in [1.29, 1.82) is 0 Å². The highest BCUT2D eigenvalue weighted by atomic mass is 16.5. The van der Waals surface area contributed by atoms with Gasteiger partial charge in [-0.25, -0.2) is 0 Å². The standard InChI is InChI=1S/C17H25NO3/c1-12(2)18-8-6-17(7-9-18)11-15(19)14-5-4-13(20-3)10-16(14)21-17/h4-5,10,12,15,19H,6-9,11H2,1-3H3. The summed E-state index contributed by atoms with van der Waals surface area (Å²) in [5.74, 6) is 1.56. The van der Waals surface area contributed by atoms with E-state index >= 15 is 0 Å². The fourth-order valence-electron chi connectivity index (χ4n) is 3.50. The average molecular weight is 291 g/mol. The summed E-state index contributed by atoms with van der Waals surface area (Å²) in [6.45, 7) is 6.52. The minimum atomic E-state index is -0.440. The van der Waals surface area contributed by atoms with Crippen LogP contribution in [-0.4, -0.2) is 41.8 Å². The topological polar surface area (TPSA) is 41.9 Å². The molecule has 1 saturated heterocycles. The molecule has 1 N–H and O–H groups in total. The van der Waals surface area contributed by atoms with Crippen LogP contribution in [0.4, 0.5) is 0 Å². The van der Waals surface area contributed by atoms with Crippen LogP contribution < -0.4 is 9.47 Å². The minimum Gasteiger partial charge on any atom is -0.497 e. The van der Waals surface area contributed by atoms with Gasteiger partial charge in [-0.2, -0.15) is 0 Å². The van der Waals surface area contributed by atoms with Crippen LogP contribution in [0, 0.1) is 0 Å². The zero-order valence-electron chi connectivity index (χ0n) is 13.1. The van der Waals surface area contributed by atoms with Gasteiger partial charge in [-0.15, -0.1) is 0 Å². The molecule has 3 rings (SSSR count). The van der Waals surface area contributed by atoms with Crippen LogP contribution in [0.5, 0.6) is 11.5 Å². The number of likely N-dealkylation sites (tertiary alicyclic amines) is 1. The number of hydrogen-bond acceptors (Lipinski definition) is 4. The Balaban J connectivity index is 1.81. The molecule has 1 aromatic rings. The third-order valence-electron chi connectivity index (χ3n) is 4.91. The van der Waals surface area contributed by atoms with Crippen molar-refractivity contribution >= 4 is 0 Å². The molecule has 0 amide bonds. The first-order chi connectivity index (χ1) is 10.0. The zero-order chi connectivity index (χ0) is 15.0. The van der Waals surface area contributed by atoms with Crippen molar-refractivity contribution in [3.8, 4) is 11.5 Å². The van der Waals surface area contributed by atoms with Crippen LogP contribution in [0.25, 0.3) is 0 Å². The molecule has 116 valence electrons. The molecule has 1 fully saturated rings. The molecule has 2 aliphatic heterocycles. The number of methoxy groups -OCH3 is 1. The second-order valence-electron chi connectivity index (χ2n) is 6.54. The van der Waals surface area contributed by atoms with Crippen molar-refractivity contribution < 1.29 is 14.6 Å². The van der Waals surface area contributed by atoms with Gasteiger partial charge in [0.1, 0.15) is 17.1 Å². The first-order valence-electron chi connectivity index (χ1n) is 7.82. The molecule has 0 aromatic heterocycles. The maximum absolute atomic E-state index is 10.5. The number of nitrogens with zero attached hydrogens (tertiary/aromatic N) is 1. The maximum Gasteiger partial charge on any atom is 0.129 e. The predicted molar refractivity (Wildman–Crippen MR) is 81.9 cm³/mol. The molecule has 1 aromatic carbocycles. The number of hydrogen-bond donors (Lipinski definition) is 1. The Morgan fingerprint density at radius 2 is 2.05 bits per heavy atom. The van der Waals surface area contributed by atoms with E-state index in [-0.39, 0.29) is 5.60 Å². The van der Waals surface area contributed by atoms with Crippen LogP contribution in [0.2, 0.25) is 0 Å². The van der Waals surface area contributed by atoms with E-state index in [1.807, 2.05) is 18.2 Å². The van der Waals surface area contributed by atoms with Gasteiger partial charge < -0.3 is 19.5 Å². The summed E-state index contributed by atoms with van der Waals surface area (Å²) < 4.78 is 11.6. The smallest absolute Gasteiger partial charge is 0.129 e. The summed E-state index contributed by atoms with van der Waals surface area (Å²) in [6.07, 6.45) is 2.20. The molecule has 2 heterocycles. The summed E-state index contributed by atoms with van der Waals surface area (Å²) in [5, 5.41) is 10.5. The van der Waals surface area contributed by atoms with Crippen molar-refractivity contribution in [2.24, 2.45) is 0 Å². The Morgan fingerprint density at radius 1 is 1.33 bits per heavy atom. The van der Waals surface area contributed by atoms with Gasteiger partial charge in [0.2, 0.25) is 0 Å². The van der Waals surface area contributed by atoms with Gasteiger partial charge >= 0.3 is 0 Å². The van der Waals surface area contributed by atoms with E-state index in [1.165, 1.54) is 0 Å². The molecule has 21 heavy (non-hydrogen) atoms. The summed E-state index contributed by atoms with van der Waals surface area (Å²) in [7, 11) is 1.65. The Bertz CT molecular complexity index is 507. The summed E-state index contributed by atoms with van der Waals surface area (Å²) in [4.78, 5) is 2.47. The van der Waals surface area contributed by atoms with E-state index < -0.39 is 6.10 Å². The molecule has 4 heteroatoms. The van der Waals surface area contributed by atoms with Gasteiger partial charge in [0.15, 0.2) is 0 Å². The second-order valence-corrected chi connectivity index (χ2v) is 6.54. The molecule has 0 bridgehead atoms. The Morgan fingerprint density at radius 3 is 2.67 bits per heavy atom. The summed E-state index contributed by atoms with van der Waals surface area (Å²) >= 11 is 0.